The van der Waals surface area contributed by atoms with Crippen molar-refractivity contribution in [2.45, 2.75) is 0 Å². The standard InChI is InChI=1S/C3H5N3OS/c4-3(7)6-2-8-1-5-6/h1H,2H2,(H2,4,7). The maximum Gasteiger partial charge on any atom is 0.336 e. The van der Waals surface area contributed by atoms with E-state index in [-0.39, 0.29) is 0 Å². The van der Waals surface area contributed by atoms with E-state index in [0.29, 0.717) is 5.88 Å². The van der Waals surface area contributed by atoms with Crippen LogP contribution in [0.1, 0.15) is 0 Å². The average molecular weight is 131 g/mol. The molecule has 1 aliphatic heterocycles. The monoisotopic (exact) mass is 131 g/mol. The van der Waals surface area contributed by atoms with Crippen LogP contribution in [0.2, 0.25) is 0 Å². The van der Waals surface area contributed by atoms with Crippen molar-refractivity contribution in [1.82, 2.24) is 5.01 Å². The van der Waals surface area contributed by atoms with Crippen molar-refractivity contribution >= 4 is 23.3 Å². The minimum absolute atomic E-state index is 0.494. The number of hydrogen-bond donors (Lipinski definition) is 1. The third-order valence-electron chi connectivity index (χ3n) is 0.712. The van der Waals surface area contributed by atoms with Gasteiger partial charge in [0.2, 0.25) is 0 Å². The fourth-order valence-corrected chi connectivity index (χ4v) is 0.930. The molecule has 1 rings (SSSR count). The molecule has 5 heteroatoms. The van der Waals surface area contributed by atoms with E-state index in [1.807, 2.05) is 0 Å². The predicted molar refractivity (Wildman–Crippen MR) is 32.4 cm³/mol. The van der Waals surface area contributed by atoms with E-state index in [4.69, 9.17) is 5.73 Å². The van der Waals surface area contributed by atoms with Crippen LogP contribution in [-0.2, 0) is 0 Å². The van der Waals surface area contributed by atoms with Gasteiger partial charge in [-0.1, -0.05) is 11.8 Å². The van der Waals surface area contributed by atoms with E-state index in [2.05, 4.69) is 5.10 Å². The number of carbonyl (C=O) groups is 1. The molecule has 0 aromatic heterocycles. The van der Waals surface area contributed by atoms with Crippen LogP contribution >= 0.6 is 11.8 Å². The van der Waals surface area contributed by atoms with Crippen LogP contribution < -0.4 is 5.73 Å². The number of rotatable bonds is 0. The van der Waals surface area contributed by atoms with Gasteiger partial charge in [0, 0.05) is 0 Å². The number of urea groups is 1. The third-order valence-corrected chi connectivity index (χ3v) is 1.35. The normalized spacial score (nSPS) is 17.2. The van der Waals surface area contributed by atoms with Crippen molar-refractivity contribution in [1.29, 1.82) is 0 Å². The molecule has 0 aromatic rings. The van der Waals surface area contributed by atoms with Gasteiger partial charge in [0.15, 0.2) is 0 Å². The molecule has 2 N–H and O–H groups in total. The van der Waals surface area contributed by atoms with Crippen molar-refractivity contribution < 1.29 is 4.79 Å². The molecule has 0 saturated heterocycles. The number of nitrogens with two attached hydrogens (primary N) is 1. The molecule has 1 aliphatic rings. The van der Waals surface area contributed by atoms with Gasteiger partial charge < -0.3 is 5.73 Å². The van der Waals surface area contributed by atoms with Crippen LogP contribution in [0.15, 0.2) is 5.10 Å². The molecule has 4 nitrogen and oxygen atoms in total. The number of amides is 2. The number of thioether (sulfide) groups is 1. The molecule has 0 aliphatic carbocycles. The van der Waals surface area contributed by atoms with Crippen molar-refractivity contribution in [3.05, 3.63) is 0 Å². The maximum atomic E-state index is 10.2. The number of hydrogen-bond acceptors (Lipinski definition) is 3. The van der Waals surface area contributed by atoms with E-state index in [1.54, 1.807) is 5.55 Å². The Kier molecular flexibility index (Phi) is 1.38. The first-order valence-corrected chi connectivity index (χ1v) is 3.06. The highest BCUT2D eigenvalue weighted by Gasteiger charge is 2.09. The van der Waals surface area contributed by atoms with Gasteiger partial charge in [-0.15, -0.1) is 0 Å². The Morgan fingerprint density at radius 2 is 2.75 bits per heavy atom. The highest BCUT2D eigenvalue weighted by Crippen LogP contribution is 2.07. The first kappa shape index (κ1) is 5.43. The zero-order valence-corrected chi connectivity index (χ0v) is 4.89. The molecule has 0 aromatic carbocycles. The molecule has 0 radical (unpaired) electrons. The zero-order chi connectivity index (χ0) is 5.98. The third kappa shape index (κ3) is 0.919. The molecule has 2 amide bonds. The smallest absolute Gasteiger partial charge is 0.336 e. The Morgan fingerprint density at radius 1 is 2.00 bits per heavy atom. The molecule has 1 heterocycles. The Bertz CT molecular complexity index is 134. The van der Waals surface area contributed by atoms with Gasteiger partial charge >= 0.3 is 6.03 Å². The van der Waals surface area contributed by atoms with Crippen LogP contribution in [0.5, 0.6) is 0 Å². The summed E-state index contributed by atoms with van der Waals surface area (Å²) in [7, 11) is 0. The minimum atomic E-state index is -0.494. The highest BCUT2D eigenvalue weighted by molar-refractivity contribution is 8.12. The lowest BCUT2D eigenvalue weighted by Gasteiger charge is -2.03. The Balaban J connectivity index is 2.48. The van der Waals surface area contributed by atoms with Gasteiger partial charge in [0.1, 0.15) is 0 Å². The van der Waals surface area contributed by atoms with Gasteiger partial charge in [-0.25, -0.2) is 9.80 Å². The van der Waals surface area contributed by atoms with Crippen LogP contribution in [0, 0.1) is 0 Å². The molecule has 8 heavy (non-hydrogen) atoms. The second kappa shape index (κ2) is 2.04. The van der Waals surface area contributed by atoms with Crippen molar-refractivity contribution in [3.8, 4) is 0 Å². The molecule has 0 spiro atoms. The Hall–Kier alpha value is -0.710. The summed E-state index contributed by atoms with van der Waals surface area (Å²) in [4.78, 5) is 10.2. The summed E-state index contributed by atoms with van der Waals surface area (Å²) in [6, 6.07) is -0.494. The number of carbonyl (C=O) groups excluding carboxylic acids is 1. The SMILES string of the molecule is NC(=O)N1CSC=N1. The molecule has 44 valence electrons. The highest BCUT2D eigenvalue weighted by atomic mass is 32.2. The lowest BCUT2D eigenvalue weighted by molar-refractivity contribution is 0.219. The Labute approximate surface area is 50.7 Å². The summed E-state index contributed by atoms with van der Waals surface area (Å²) in [5.41, 5.74) is 6.45. The zero-order valence-electron chi connectivity index (χ0n) is 4.07. The summed E-state index contributed by atoms with van der Waals surface area (Å²) in [5.74, 6) is 0.551. The van der Waals surface area contributed by atoms with E-state index in [9.17, 15) is 4.79 Å². The van der Waals surface area contributed by atoms with Crippen molar-refractivity contribution in [3.63, 3.8) is 0 Å². The molecule has 0 saturated carbocycles. The molecule has 0 bridgehead atoms. The molecule has 0 atom stereocenters. The number of hydrazone groups is 1. The topological polar surface area (TPSA) is 58.7 Å². The summed E-state index contributed by atoms with van der Waals surface area (Å²) in [6.07, 6.45) is 0. The maximum absolute atomic E-state index is 10.2. The van der Waals surface area contributed by atoms with E-state index in [1.165, 1.54) is 16.8 Å². The molecule has 0 fully saturated rings. The first-order chi connectivity index (χ1) is 3.80. The van der Waals surface area contributed by atoms with Gasteiger partial charge in [0.05, 0.1) is 11.4 Å². The van der Waals surface area contributed by atoms with Gasteiger partial charge in [0.25, 0.3) is 0 Å². The minimum Gasteiger partial charge on any atom is -0.350 e. The van der Waals surface area contributed by atoms with E-state index >= 15 is 0 Å². The average Bonchev–Trinajstić information content (AvgIpc) is 2.12. The summed E-state index contributed by atoms with van der Waals surface area (Å²) < 4.78 is 0. The second-order valence-corrected chi connectivity index (χ2v) is 2.06. The van der Waals surface area contributed by atoms with Gasteiger partial charge in [-0.05, 0) is 0 Å². The largest absolute Gasteiger partial charge is 0.350 e. The molecule has 0 unspecified atom stereocenters. The molecular weight excluding hydrogens is 126 g/mol. The van der Waals surface area contributed by atoms with Crippen LogP contribution in [0.4, 0.5) is 4.79 Å². The van der Waals surface area contributed by atoms with Gasteiger partial charge in [-0.2, -0.15) is 5.10 Å². The van der Waals surface area contributed by atoms with Crippen LogP contribution in [0.25, 0.3) is 0 Å². The van der Waals surface area contributed by atoms with Gasteiger partial charge in [-0.3, -0.25) is 0 Å². The Morgan fingerprint density at radius 3 is 3.00 bits per heavy atom. The van der Waals surface area contributed by atoms with Crippen LogP contribution in [0.3, 0.4) is 0 Å². The lowest BCUT2D eigenvalue weighted by atomic mass is 11.0. The van der Waals surface area contributed by atoms with Crippen molar-refractivity contribution in [2.24, 2.45) is 10.8 Å². The summed E-state index contributed by atoms with van der Waals surface area (Å²) in [5, 5.41) is 4.83. The predicted octanol–water partition coefficient (Wildman–Crippen LogP) is 0.0147. The summed E-state index contributed by atoms with van der Waals surface area (Å²) >= 11 is 1.44. The number of primary amides is 1. The van der Waals surface area contributed by atoms with Crippen LogP contribution in [-0.4, -0.2) is 22.5 Å². The quantitative estimate of drug-likeness (QED) is 0.503. The van der Waals surface area contributed by atoms with E-state index < -0.39 is 6.03 Å². The number of nitrogens with zero attached hydrogens (tertiary/aromatic N) is 2. The lowest BCUT2D eigenvalue weighted by Crippen LogP contribution is -2.28. The van der Waals surface area contributed by atoms with E-state index in [0.717, 1.165) is 0 Å². The fourth-order valence-electron chi connectivity index (χ4n) is 0.348. The fraction of sp³-hybridized carbons (Fsp3) is 0.333. The van der Waals surface area contributed by atoms with Crippen molar-refractivity contribution in [2.75, 3.05) is 5.88 Å². The summed E-state index contributed by atoms with van der Waals surface area (Å²) in [6.45, 7) is 0. The molecular formula is C3H5N3OS. The first-order valence-electron chi connectivity index (χ1n) is 2.02. The second-order valence-electron chi connectivity index (χ2n) is 1.25.